The van der Waals surface area contributed by atoms with Crippen molar-refractivity contribution in [2.24, 2.45) is 0 Å². The SMILES string of the molecule is CC1(C)c2ccc(-c3ccc4c(c3)c3ccccc3n4-c3ccccc3)cc2-c2c(-c3nc(-c4ccccc4)nc(-c4ccccc4)n3)cccc21. The fourth-order valence-electron chi connectivity index (χ4n) is 8.11. The number of hydrogen-bond acceptors (Lipinski definition) is 3. The Hall–Kier alpha value is -6.65. The van der Waals surface area contributed by atoms with Crippen molar-refractivity contribution < 1.29 is 0 Å². The van der Waals surface area contributed by atoms with Crippen LogP contribution in [0, 0.1) is 0 Å². The Labute approximate surface area is 302 Å². The van der Waals surface area contributed by atoms with E-state index in [1.165, 1.54) is 55.2 Å². The molecule has 0 atom stereocenters. The molecule has 246 valence electrons. The second-order valence-corrected chi connectivity index (χ2v) is 14.1. The first-order chi connectivity index (χ1) is 25.5. The van der Waals surface area contributed by atoms with Gasteiger partial charge in [-0.1, -0.05) is 147 Å². The summed E-state index contributed by atoms with van der Waals surface area (Å²) in [5, 5.41) is 2.49. The molecule has 0 bridgehead atoms. The van der Waals surface area contributed by atoms with Crippen LogP contribution in [0.15, 0.2) is 170 Å². The molecule has 0 aliphatic heterocycles. The predicted octanol–water partition coefficient (Wildman–Crippen LogP) is 11.9. The number of nitrogens with zero attached hydrogens (tertiary/aromatic N) is 4. The van der Waals surface area contributed by atoms with Gasteiger partial charge in [0.1, 0.15) is 0 Å². The summed E-state index contributed by atoms with van der Waals surface area (Å²) >= 11 is 0. The highest BCUT2D eigenvalue weighted by Crippen LogP contribution is 2.53. The summed E-state index contributed by atoms with van der Waals surface area (Å²) < 4.78 is 2.37. The molecule has 10 rings (SSSR count). The predicted molar refractivity (Wildman–Crippen MR) is 213 cm³/mol. The van der Waals surface area contributed by atoms with Crippen molar-refractivity contribution in [3.8, 4) is 62.1 Å². The lowest BCUT2D eigenvalue weighted by molar-refractivity contribution is 0.660. The molecule has 0 saturated carbocycles. The van der Waals surface area contributed by atoms with E-state index in [9.17, 15) is 0 Å². The average Bonchev–Trinajstić information content (AvgIpc) is 3.66. The number of para-hydroxylation sites is 2. The van der Waals surface area contributed by atoms with Crippen LogP contribution in [0.5, 0.6) is 0 Å². The molecule has 1 aliphatic carbocycles. The van der Waals surface area contributed by atoms with Crippen molar-refractivity contribution in [1.29, 1.82) is 0 Å². The van der Waals surface area contributed by atoms with E-state index in [0.717, 1.165) is 22.4 Å². The molecule has 4 nitrogen and oxygen atoms in total. The van der Waals surface area contributed by atoms with Gasteiger partial charge >= 0.3 is 0 Å². The van der Waals surface area contributed by atoms with Gasteiger partial charge in [-0.2, -0.15) is 0 Å². The summed E-state index contributed by atoms with van der Waals surface area (Å²) in [7, 11) is 0. The van der Waals surface area contributed by atoms with E-state index in [0.29, 0.717) is 17.5 Å². The average molecular weight is 667 g/mol. The summed E-state index contributed by atoms with van der Waals surface area (Å²) in [5.74, 6) is 2.00. The van der Waals surface area contributed by atoms with Crippen LogP contribution in [-0.2, 0) is 5.41 Å². The number of rotatable bonds is 5. The van der Waals surface area contributed by atoms with E-state index in [-0.39, 0.29) is 5.41 Å². The molecule has 7 aromatic carbocycles. The number of aromatic nitrogens is 4. The van der Waals surface area contributed by atoms with Gasteiger partial charge in [0.05, 0.1) is 11.0 Å². The third kappa shape index (κ3) is 4.72. The lowest BCUT2D eigenvalue weighted by Crippen LogP contribution is -2.14. The van der Waals surface area contributed by atoms with Gasteiger partial charge < -0.3 is 4.57 Å². The van der Waals surface area contributed by atoms with Gasteiger partial charge in [0.15, 0.2) is 17.5 Å². The van der Waals surface area contributed by atoms with Gasteiger partial charge in [-0.15, -0.1) is 0 Å². The van der Waals surface area contributed by atoms with Crippen molar-refractivity contribution in [3.05, 3.63) is 181 Å². The zero-order valence-corrected chi connectivity index (χ0v) is 29.0. The first kappa shape index (κ1) is 30.2. The lowest BCUT2D eigenvalue weighted by atomic mass is 9.82. The molecule has 0 N–H and O–H groups in total. The fourth-order valence-corrected chi connectivity index (χ4v) is 8.11. The van der Waals surface area contributed by atoms with Crippen molar-refractivity contribution in [1.82, 2.24) is 19.5 Å². The number of fused-ring (bicyclic) bond motifs is 6. The zero-order valence-electron chi connectivity index (χ0n) is 29.0. The van der Waals surface area contributed by atoms with E-state index in [4.69, 9.17) is 15.0 Å². The van der Waals surface area contributed by atoms with E-state index in [1.54, 1.807) is 0 Å². The summed E-state index contributed by atoms with van der Waals surface area (Å²) in [4.78, 5) is 15.3. The van der Waals surface area contributed by atoms with Gasteiger partial charge in [0, 0.05) is 38.6 Å². The molecule has 0 radical (unpaired) electrons. The molecule has 2 heterocycles. The van der Waals surface area contributed by atoms with Crippen LogP contribution < -0.4 is 0 Å². The molecule has 52 heavy (non-hydrogen) atoms. The molecular formula is C48H34N4. The van der Waals surface area contributed by atoms with Gasteiger partial charge in [0.2, 0.25) is 0 Å². The Bertz CT molecular complexity index is 2740. The Kier molecular flexibility index (Phi) is 6.80. The first-order valence-corrected chi connectivity index (χ1v) is 17.8. The van der Waals surface area contributed by atoms with E-state index >= 15 is 0 Å². The number of hydrogen-bond donors (Lipinski definition) is 0. The Balaban J connectivity index is 1.16. The topological polar surface area (TPSA) is 43.6 Å². The molecule has 0 saturated heterocycles. The Morgan fingerprint density at radius 2 is 0.981 bits per heavy atom. The van der Waals surface area contributed by atoms with Crippen LogP contribution >= 0.6 is 0 Å². The molecule has 0 unspecified atom stereocenters. The monoisotopic (exact) mass is 666 g/mol. The van der Waals surface area contributed by atoms with Crippen LogP contribution in [-0.4, -0.2) is 19.5 Å². The third-order valence-electron chi connectivity index (χ3n) is 10.7. The van der Waals surface area contributed by atoms with E-state index in [1.807, 2.05) is 36.4 Å². The molecule has 9 aromatic rings. The van der Waals surface area contributed by atoms with Gasteiger partial charge in [-0.25, -0.2) is 15.0 Å². The molecule has 0 spiro atoms. The molecule has 1 aliphatic rings. The number of benzene rings is 7. The highest BCUT2D eigenvalue weighted by molar-refractivity contribution is 6.10. The Morgan fingerprint density at radius 3 is 1.69 bits per heavy atom. The molecule has 0 fully saturated rings. The molecule has 2 aromatic heterocycles. The Morgan fingerprint density at radius 1 is 0.404 bits per heavy atom. The van der Waals surface area contributed by atoms with Crippen LogP contribution in [0.3, 0.4) is 0 Å². The van der Waals surface area contributed by atoms with Crippen molar-refractivity contribution >= 4 is 21.8 Å². The van der Waals surface area contributed by atoms with E-state index < -0.39 is 0 Å². The highest BCUT2D eigenvalue weighted by atomic mass is 15.0. The molecule has 4 heteroatoms. The second-order valence-electron chi connectivity index (χ2n) is 14.1. The minimum atomic E-state index is -0.191. The maximum absolute atomic E-state index is 5.14. The highest BCUT2D eigenvalue weighted by Gasteiger charge is 2.37. The minimum Gasteiger partial charge on any atom is -0.309 e. The standard InChI is InChI=1S/C48H34N4/c1-48(2)40-27-25-33(34-26-28-43-38(29-34)36-21-12-13-24-42(36)52(43)35-19-10-5-11-20-35)30-39(40)44-37(22-14-23-41(44)48)47-50-45(31-15-6-3-7-16-31)49-46(51-47)32-17-8-4-9-18-32/h3-30H,1-2H3. The lowest BCUT2D eigenvalue weighted by Gasteiger charge is -2.21. The summed E-state index contributed by atoms with van der Waals surface area (Å²) in [6, 6.07) is 60.1. The molecule has 0 amide bonds. The van der Waals surface area contributed by atoms with Crippen LogP contribution in [0.25, 0.3) is 83.9 Å². The van der Waals surface area contributed by atoms with Gasteiger partial charge in [-0.05, 0) is 69.8 Å². The van der Waals surface area contributed by atoms with Crippen LogP contribution in [0.2, 0.25) is 0 Å². The zero-order chi connectivity index (χ0) is 34.8. The second kappa shape index (κ2) is 11.7. The minimum absolute atomic E-state index is 0.191. The van der Waals surface area contributed by atoms with Gasteiger partial charge in [-0.3, -0.25) is 0 Å². The maximum atomic E-state index is 5.14. The van der Waals surface area contributed by atoms with Crippen LogP contribution in [0.1, 0.15) is 25.0 Å². The first-order valence-electron chi connectivity index (χ1n) is 17.8. The molecular weight excluding hydrogens is 633 g/mol. The van der Waals surface area contributed by atoms with Crippen molar-refractivity contribution in [2.45, 2.75) is 19.3 Å². The summed E-state index contributed by atoms with van der Waals surface area (Å²) in [6.07, 6.45) is 0. The fraction of sp³-hybridized carbons (Fsp3) is 0.0625. The quantitative estimate of drug-likeness (QED) is 0.184. The van der Waals surface area contributed by atoms with Gasteiger partial charge in [0.25, 0.3) is 0 Å². The maximum Gasteiger partial charge on any atom is 0.164 e. The van der Waals surface area contributed by atoms with Crippen molar-refractivity contribution in [2.75, 3.05) is 0 Å². The summed E-state index contributed by atoms with van der Waals surface area (Å²) in [5.41, 5.74) is 13.7. The normalized spacial score (nSPS) is 13.0. The van der Waals surface area contributed by atoms with Crippen LogP contribution in [0.4, 0.5) is 0 Å². The third-order valence-corrected chi connectivity index (χ3v) is 10.7. The van der Waals surface area contributed by atoms with Crippen molar-refractivity contribution in [3.63, 3.8) is 0 Å². The van der Waals surface area contributed by atoms with E-state index in [2.05, 4.69) is 152 Å². The smallest absolute Gasteiger partial charge is 0.164 e. The summed E-state index contributed by atoms with van der Waals surface area (Å²) in [6.45, 7) is 4.65. The largest absolute Gasteiger partial charge is 0.309 e.